The van der Waals surface area contributed by atoms with Gasteiger partial charge in [-0.25, -0.2) is 4.79 Å². The fraction of sp³-hybridized carbons (Fsp3) is 0.179. The van der Waals surface area contributed by atoms with Crippen molar-refractivity contribution in [2.45, 2.75) is 26.2 Å². The number of hydrogen-bond acceptors (Lipinski definition) is 6. The molecule has 176 valence electrons. The quantitative estimate of drug-likeness (QED) is 0.190. The molecule has 0 bridgehead atoms. The predicted molar refractivity (Wildman–Crippen MR) is 133 cm³/mol. The topological polar surface area (TPSA) is 79.4 Å². The highest BCUT2D eigenvalue weighted by Gasteiger charge is 2.14. The number of benzene rings is 3. The zero-order valence-corrected chi connectivity index (χ0v) is 19.4. The molecular formula is C28H25N3O4. The third-order valence-corrected chi connectivity index (χ3v) is 5.66. The van der Waals surface area contributed by atoms with Gasteiger partial charge in [0.1, 0.15) is 28.3 Å². The first-order valence-corrected chi connectivity index (χ1v) is 11.7. The van der Waals surface area contributed by atoms with E-state index in [1.165, 1.54) is 12.8 Å². The molecule has 0 aliphatic rings. The number of carbonyl (C=O) groups is 1. The number of ether oxygens (including phenoxy) is 1. The van der Waals surface area contributed by atoms with Gasteiger partial charge in [-0.15, -0.1) is 5.10 Å². The fourth-order valence-corrected chi connectivity index (χ4v) is 3.72. The third kappa shape index (κ3) is 5.09. The molecule has 0 amide bonds. The van der Waals surface area contributed by atoms with E-state index in [0.717, 1.165) is 40.5 Å². The lowest BCUT2D eigenvalue weighted by atomic mass is 10.1. The molecule has 0 saturated carbocycles. The van der Waals surface area contributed by atoms with E-state index in [9.17, 15) is 4.79 Å². The lowest BCUT2D eigenvalue weighted by molar-refractivity contribution is 0.0409. The van der Waals surface area contributed by atoms with Crippen LogP contribution in [0.1, 0.15) is 36.5 Å². The Bertz CT molecular complexity index is 1420. The maximum atomic E-state index is 12.6. The van der Waals surface area contributed by atoms with Gasteiger partial charge >= 0.3 is 5.97 Å². The molecule has 3 aromatic carbocycles. The van der Waals surface area contributed by atoms with Crippen LogP contribution in [0.2, 0.25) is 0 Å². The van der Waals surface area contributed by atoms with Crippen molar-refractivity contribution in [2.75, 3.05) is 6.61 Å². The van der Waals surface area contributed by atoms with Crippen LogP contribution in [-0.2, 0) is 0 Å². The zero-order chi connectivity index (χ0) is 24.0. The van der Waals surface area contributed by atoms with Gasteiger partial charge in [-0.1, -0.05) is 48.9 Å². The summed E-state index contributed by atoms with van der Waals surface area (Å²) in [5.41, 5.74) is 3.50. The summed E-state index contributed by atoms with van der Waals surface area (Å²) in [4.78, 5) is 19.1. The molecule has 2 heterocycles. The Labute approximate surface area is 202 Å². The SMILES string of the molecule is CCCCCOc1ccc(-c2ccc(-c3ccc(C(=O)On4nnc5ccccc54)cc3)o2)cc1. The number of rotatable bonds is 9. The maximum Gasteiger partial charge on any atom is 0.365 e. The molecule has 0 aliphatic heterocycles. The van der Waals surface area contributed by atoms with Gasteiger partial charge in [0.2, 0.25) is 0 Å². The molecule has 0 saturated heterocycles. The van der Waals surface area contributed by atoms with Crippen molar-refractivity contribution in [3.63, 3.8) is 0 Å². The number of unbranched alkanes of at least 4 members (excludes halogenated alkanes) is 2. The van der Waals surface area contributed by atoms with E-state index in [4.69, 9.17) is 14.0 Å². The van der Waals surface area contributed by atoms with Crippen molar-refractivity contribution in [1.29, 1.82) is 0 Å². The highest BCUT2D eigenvalue weighted by molar-refractivity contribution is 5.90. The highest BCUT2D eigenvalue weighted by Crippen LogP contribution is 2.30. The van der Waals surface area contributed by atoms with Crippen molar-refractivity contribution in [3.8, 4) is 28.4 Å². The van der Waals surface area contributed by atoms with Crippen molar-refractivity contribution in [2.24, 2.45) is 0 Å². The summed E-state index contributed by atoms with van der Waals surface area (Å²) in [6.07, 6.45) is 3.42. The number of carbonyl (C=O) groups excluding carboxylic acids is 1. The van der Waals surface area contributed by atoms with Gasteiger partial charge in [0, 0.05) is 11.1 Å². The molecule has 5 aromatic rings. The first kappa shape index (κ1) is 22.4. The van der Waals surface area contributed by atoms with Crippen LogP contribution < -0.4 is 9.57 Å². The molecule has 2 aromatic heterocycles. The summed E-state index contributed by atoms with van der Waals surface area (Å²) in [5.74, 6) is 1.81. The van der Waals surface area contributed by atoms with Crippen LogP contribution in [0.5, 0.6) is 5.75 Å². The Morgan fingerprint density at radius 1 is 0.857 bits per heavy atom. The molecule has 5 rings (SSSR count). The largest absolute Gasteiger partial charge is 0.494 e. The molecule has 0 atom stereocenters. The molecule has 7 heteroatoms. The lowest BCUT2D eigenvalue weighted by Crippen LogP contribution is -2.20. The van der Waals surface area contributed by atoms with E-state index in [-0.39, 0.29) is 0 Å². The summed E-state index contributed by atoms with van der Waals surface area (Å²) < 4.78 is 11.8. The number of aromatic nitrogens is 3. The Hall–Kier alpha value is -4.39. The van der Waals surface area contributed by atoms with Gasteiger partial charge in [-0.3, -0.25) is 0 Å². The molecule has 0 unspecified atom stereocenters. The number of fused-ring (bicyclic) bond motifs is 1. The smallest absolute Gasteiger partial charge is 0.365 e. The van der Waals surface area contributed by atoms with Crippen LogP contribution in [0.4, 0.5) is 0 Å². The standard InChI is InChI=1S/C28H25N3O4/c1-2-3-6-19-33-23-15-13-21(14-16-23)27-18-17-26(34-27)20-9-11-22(12-10-20)28(32)35-31-25-8-5-4-7-24(25)29-30-31/h4-5,7-18H,2-3,6,19H2,1H3. The molecule has 0 aliphatic carbocycles. The Balaban J connectivity index is 1.24. The molecule has 7 nitrogen and oxygen atoms in total. The normalized spacial score (nSPS) is 11.0. The van der Waals surface area contributed by atoms with Crippen molar-refractivity contribution >= 4 is 17.0 Å². The molecular weight excluding hydrogens is 442 g/mol. The van der Waals surface area contributed by atoms with E-state index >= 15 is 0 Å². The summed E-state index contributed by atoms with van der Waals surface area (Å²) in [6, 6.07) is 26.1. The van der Waals surface area contributed by atoms with Crippen LogP contribution in [-0.4, -0.2) is 27.7 Å². The molecule has 0 spiro atoms. The summed E-state index contributed by atoms with van der Waals surface area (Å²) >= 11 is 0. The van der Waals surface area contributed by atoms with Gasteiger partial charge < -0.3 is 14.0 Å². The summed E-state index contributed by atoms with van der Waals surface area (Å²) in [7, 11) is 0. The third-order valence-electron chi connectivity index (χ3n) is 5.66. The van der Waals surface area contributed by atoms with Crippen LogP contribution in [0, 0.1) is 0 Å². The number of nitrogens with zero attached hydrogens (tertiary/aromatic N) is 3. The second-order valence-corrected chi connectivity index (χ2v) is 8.15. The van der Waals surface area contributed by atoms with Gasteiger partial charge in [0.15, 0.2) is 0 Å². The Morgan fingerprint density at radius 2 is 1.54 bits per heavy atom. The van der Waals surface area contributed by atoms with Crippen molar-refractivity contribution < 1.29 is 18.8 Å². The first-order chi connectivity index (χ1) is 17.2. The van der Waals surface area contributed by atoms with Crippen LogP contribution in [0.15, 0.2) is 89.3 Å². The van der Waals surface area contributed by atoms with Gasteiger partial charge in [-0.05, 0) is 72.3 Å². The molecule has 0 N–H and O–H groups in total. The average Bonchev–Trinajstić information content (AvgIpc) is 3.55. The number of furan rings is 1. The van der Waals surface area contributed by atoms with E-state index in [2.05, 4.69) is 17.2 Å². The first-order valence-electron chi connectivity index (χ1n) is 11.7. The minimum Gasteiger partial charge on any atom is -0.494 e. The maximum absolute atomic E-state index is 12.6. The Kier molecular flexibility index (Phi) is 6.57. The van der Waals surface area contributed by atoms with Crippen LogP contribution in [0.25, 0.3) is 33.7 Å². The molecule has 0 fully saturated rings. The lowest BCUT2D eigenvalue weighted by Gasteiger charge is -2.06. The monoisotopic (exact) mass is 467 g/mol. The average molecular weight is 468 g/mol. The fourth-order valence-electron chi connectivity index (χ4n) is 3.72. The predicted octanol–water partition coefficient (Wildman–Crippen LogP) is 6.20. The molecule has 0 radical (unpaired) electrons. The summed E-state index contributed by atoms with van der Waals surface area (Å²) in [5, 5.41) is 7.87. The van der Waals surface area contributed by atoms with E-state index in [1.807, 2.05) is 60.7 Å². The minimum atomic E-state index is -0.524. The van der Waals surface area contributed by atoms with Crippen LogP contribution >= 0.6 is 0 Å². The Morgan fingerprint density at radius 3 is 2.26 bits per heavy atom. The second kappa shape index (κ2) is 10.3. The summed E-state index contributed by atoms with van der Waals surface area (Å²) in [6.45, 7) is 2.91. The van der Waals surface area contributed by atoms with Gasteiger partial charge in [0.05, 0.1) is 12.2 Å². The number of hydrogen-bond donors (Lipinski definition) is 0. The zero-order valence-electron chi connectivity index (χ0n) is 19.4. The van der Waals surface area contributed by atoms with E-state index in [1.54, 1.807) is 24.3 Å². The minimum absolute atomic E-state index is 0.398. The van der Waals surface area contributed by atoms with Gasteiger partial charge in [0.25, 0.3) is 0 Å². The van der Waals surface area contributed by atoms with Gasteiger partial charge in [-0.2, -0.15) is 0 Å². The molecule has 35 heavy (non-hydrogen) atoms. The van der Waals surface area contributed by atoms with Crippen molar-refractivity contribution in [3.05, 3.63) is 90.5 Å². The van der Waals surface area contributed by atoms with Crippen LogP contribution in [0.3, 0.4) is 0 Å². The van der Waals surface area contributed by atoms with Crippen molar-refractivity contribution in [1.82, 2.24) is 15.2 Å². The van der Waals surface area contributed by atoms with E-state index in [0.29, 0.717) is 22.4 Å². The highest BCUT2D eigenvalue weighted by atomic mass is 16.7. The second-order valence-electron chi connectivity index (χ2n) is 8.15. The van der Waals surface area contributed by atoms with E-state index < -0.39 is 5.97 Å². The number of para-hydroxylation sites is 1.